The normalized spacial score (nSPS) is 10.0. The van der Waals surface area contributed by atoms with E-state index in [0.29, 0.717) is 22.0 Å². The van der Waals surface area contributed by atoms with E-state index in [1.54, 1.807) is 49.4 Å². The molecule has 0 aliphatic rings. The van der Waals surface area contributed by atoms with Crippen LogP contribution in [0.4, 0.5) is 11.4 Å². The fraction of sp³-hybridized carbons (Fsp3) is 0.0476. The van der Waals surface area contributed by atoms with Gasteiger partial charge in [0, 0.05) is 28.2 Å². The predicted molar refractivity (Wildman–Crippen MR) is 107 cm³/mol. The third-order valence-corrected chi connectivity index (χ3v) is 4.43. The fourth-order valence-electron chi connectivity index (χ4n) is 2.49. The molecule has 1 aromatic heterocycles. The predicted octanol–water partition coefficient (Wildman–Crippen LogP) is 4.42. The summed E-state index contributed by atoms with van der Waals surface area (Å²) in [6, 6.07) is 16.7. The van der Waals surface area contributed by atoms with E-state index in [2.05, 4.69) is 15.6 Å². The van der Waals surface area contributed by atoms with Gasteiger partial charge in [-0.15, -0.1) is 0 Å². The van der Waals surface area contributed by atoms with Gasteiger partial charge in [0.1, 0.15) is 5.69 Å². The molecule has 7 heteroatoms. The summed E-state index contributed by atoms with van der Waals surface area (Å²) in [4.78, 5) is 29.0. The monoisotopic (exact) mass is 390 g/mol. The van der Waals surface area contributed by atoms with Crippen LogP contribution in [-0.2, 0) is 0 Å². The molecule has 0 atom stereocenters. The number of rotatable bonds is 4. The third-order valence-electron chi connectivity index (χ3n) is 4.02. The van der Waals surface area contributed by atoms with Crippen molar-refractivity contribution in [2.24, 2.45) is 0 Å². The molecule has 2 amide bonds. The van der Waals surface area contributed by atoms with Crippen molar-refractivity contribution in [3.05, 3.63) is 88.2 Å². The van der Waals surface area contributed by atoms with Crippen LogP contribution in [0, 0.1) is 18.3 Å². The average Bonchev–Trinajstić information content (AvgIpc) is 2.71. The van der Waals surface area contributed by atoms with Crippen molar-refractivity contribution in [2.45, 2.75) is 6.92 Å². The van der Waals surface area contributed by atoms with Crippen molar-refractivity contribution in [2.75, 3.05) is 10.6 Å². The molecule has 0 aliphatic heterocycles. The van der Waals surface area contributed by atoms with E-state index in [1.807, 2.05) is 6.07 Å². The van der Waals surface area contributed by atoms with Gasteiger partial charge < -0.3 is 10.6 Å². The van der Waals surface area contributed by atoms with Gasteiger partial charge in [0.15, 0.2) is 0 Å². The highest BCUT2D eigenvalue weighted by molar-refractivity contribution is 6.31. The number of benzene rings is 2. The van der Waals surface area contributed by atoms with E-state index in [-0.39, 0.29) is 17.2 Å². The van der Waals surface area contributed by atoms with E-state index in [9.17, 15) is 9.59 Å². The zero-order valence-corrected chi connectivity index (χ0v) is 15.6. The number of pyridine rings is 1. The number of aromatic nitrogens is 1. The van der Waals surface area contributed by atoms with Gasteiger partial charge in [0.2, 0.25) is 0 Å². The topological polar surface area (TPSA) is 94.9 Å². The second-order valence-electron chi connectivity index (χ2n) is 5.94. The minimum Gasteiger partial charge on any atom is -0.322 e. The lowest BCUT2D eigenvalue weighted by molar-refractivity contribution is 0.102. The Balaban J connectivity index is 1.77. The Labute approximate surface area is 166 Å². The lowest BCUT2D eigenvalue weighted by Gasteiger charge is -2.10. The summed E-state index contributed by atoms with van der Waals surface area (Å²) in [6.07, 6.45) is 1.39. The molecule has 2 aromatic carbocycles. The number of halogens is 1. The molecule has 28 heavy (non-hydrogen) atoms. The molecule has 0 saturated heterocycles. The van der Waals surface area contributed by atoms with Gasteiger partial charge in [0.05, 0.1) is 11.6 Å². The lowest BCUT2D eigenvalue weighted by Crippen LogP contribution is -2.17. The average molecular weight is 391 g/mol. The Hall–Kier alpha value is -3.69. The summed E-state index contributed by atoms with van der Waals surface area (Å²) in [5, 5.41) is 14.9. The Morgan fingerprint density at radius 2 is 1.82 bits per heavy atom. The Morgan fingerprint density at radius 3 is 2.61 bits per heavy atom. The van der Waals surface area contributed by atoms with E-state index < -0.39 is 5.91 Å². The molecule has 0 bridgehead atoms. The molecule has 0 aliphatic carbocycles. The smallest absolute Gasteiger partial charge is 0.274 e. The number of hydrogen-bond acceptors (Lipinski definition) is 4. The van der Waals surface area contributed by atoms with Gasteiger partial charge >= 0.3 is 0 Å². The van der Waals surface area contributed by atoms with Crippen LogP contribution in [0.2, 0.25) is 5.02 Å². The quantitative estimate of drug-likeness (QED) is 0.689. The van der Waals surface area contributed by atoms with Crippen molar-refractivity contribution < 1.29 is 9.59 Å². The number of nitrogens with one attached hydrogen (secondary N) is 2. The molecule has 3 rings (SSSR count). The molecule has 2 N–H and O–H groups in total. The molecule has 1 heterocycles. The maximum absolute atomic E-state index is 12.5. The van der Waals surface area contributed by atoms with Crippen LogP contribution in [0.15, 0.2) is 60.8 Å². The minimum atomic E-state index is -0.483. The zero-order valence-electron chi connectivity index (χ0n) is 14.9. The molecule has 0 unspecified atom stereocenters. The SMILES string of the molecule is Cc1c(Cl)cccc1NC(=O)c1ccnc(C(=O)Nc2cccc(C#N)c2)c1. The first-order valence-electron chi connectivity index (χ1n) is 8.32. The van der Waals surface area contributed by atoms with Gasteiger partial charge in [-0.3, -0.25) is 14.6 Å². The van der Waals surface area contributed by atoms with E-state index >= 15 is 0 Å². The maximum Gasteiger partial charge on any atom is 0.274 e. The summed E-state index contributed by atoms with van der Waals surface area (Å²) in [5.74, 6) is -0.864. The summed E-state index contributed by atoms with van der Waals surface area (Å²) < 4.78 is 0. The maximum atomic E-state index is 12.5. The standard InChI is InChI=1S/C21H15ClN4O2/c1-13-17(22)6-3-7-18(13)26-20(27)15-8-9-24-19(11-15)21(28)25-16-5-2-4-14(10-16)12-23/h2-11H,1H3,(H,25,28)(H,26,27). The van der Waals surface area contributed by atoms with Crippen molar-refractivity contribution in [1.29, 1.82) is 5.26 Å². The molecule has 0 fully saturated rings. The van der Waals surface area contributed by atoms with E-state index in [0.717, 1.165) is 5.56 Å². The van der Waals surface area contributed by atoms with Crippen LogP contribution >= 0.6 is 11.6 Å². The Kier molecular flexibility index (Phi) is 5.68. The van der Waals surface area contributed by atoms with Crippen LogP contribution < -0.4 is 10.6 Å². The van der Waals surface area contributed by atoms with Crippen molar-refractivity contribution in [3.63, 3.8) is 0 Å². The number of amides is 2. The second kappa shape index (κ2) is 8.33. The van der Waals surface area contributed by atoms with Gasteiger partial charge in [-0.1, -0.05) is 23.7 Å². The van der Waals surface area contributed by atoms with Crippen molar-refractivity contribution in [3.8, 4) is 6.07 Å². The number of hydrogen-bond donors (Lipinski definition) is 2. The Morgan fingerprint density at radius 1 is 1.04 bits per heavy atom. The molecular weight excluding hydrogens is 376 g/mol. The van der Waals surface area contributed by atoms with Crippen molar-refractivity contribution >= 4 is 34.8 Å². The molecular formula is C21H15ClN4O2. The number of nitrogens with zero attached hydrogens (tertiary/aromatic N) is 2. The number of carbonyl (C=O) groups is 2. The summed E-state index contributed by atoms with van der Waals surface area (Å²) in [7, 11) is 0. The summed E-state index contributed by atoms with van der Waals surface area (Å²) >= 11 is 6.07. The molecule has 0 spiro atoms. The molecule has 138 valence electrons. The number of carbonyl (C=O) groups excluding carboxylic acids is 2. The first-order valence-corrected chi connectivity index (χ1v) is 8.70. The summed E-state index contributed by atoms with van der Waals surface area (Å²) in [5.41, 5.74) is 2.60. The second-order valence-corrected chi connectivity index (χ2v) is 6.35. The molecule has 0 radical (unpaired) electrons. The Bertz CT molecular complexity index is 1110. The first-order chi connectivity index (χ1) is 13.5. The lowest BCUT2D eigenvalue weighted by atomic mass is 10.1. The van der Waals surface area contributed by atoms with Gasteiger partial charge in [-0.05, 0) is 55.0 Å². The van der Waals surface area contributed by atoms with Crippen LogP contribution in [0.3, 0.4) is 0 Å². The number of nitriles is 1. The number of anilines is 2. The largest absolute Gasteiger partial charge is 0.322 e. The van der Waals surface area contributed by atoms with E-state index in [4.69, 9.17) is 16.9 Å². The first kappa shape index (κ1) is 19.1. The van der Waals surface area contributed by atoms with Crippen LogP contribution in [0.5, 0.6) is 0 Å². The molecule has 0 saturated carbocycles. The molecule has 3 aromatic rings. The minimum absolute atomic E-state index is 0.0813. The molecule has 6 nitrogen and oxygen atoms in total. The summed E-state index contributed by atoms with van der Waals surface area (Å²) in [6.45, 7) is 1.80. The van der Waals surface area contributed by atoms with Gasteiger partial charge in [-0.2, -0.15) is 5.26 Å². The highest BCUT2D eigenvalue weighted by atomic mass is 35.5. The zero-order chi connectivity index (χ0) is 20.1. The third kappa shape index (κ3) is 4.34. The van der Waals surface area contributed by atoms with Gasteiger partial charge in [0.25, 0.3) is 11.8 Å². The van der Waals surface area contributed by atoms with Crippen LogP contribution in [0.25, 0.3) is 0 Å². The highest BCUT2D eigenvalue weighted by Gasteiger charge is 2.14. The van der Waals surface area contributed by atoms with Gasteiger partial charge in [-0.25, -0.2) is 0 Å². The van der Waals surface area contributed by atoms with Crippen LogP contribution in [-0.4, -0.2) is 16.8 Å². The van der Waals surface area contributed by atoms with Crippen molar-refractivity contribution in [1.82, 2.24) is 4.98 Å². The van der Waals surface area contributed by atoms with E-state index in [1.165, 1.54) is 18.3 Å². The van der Waals surface area contributed by atoms with Crippen LogP contribution in [0.1, 0.15) is 32.0 Å². The fourth-order valence-corrected chi connectivity index (χ4v) is 2.67. The highest BCUT2D eigenvalue weighted by Crippen LogP contribution is 2.23.